The summed E-state index contributed by atoms with van der Waals surface area (Å²) in [7, 11) is -3.59. The minimum Gasteiger partial charge on any atom is -0.452 e. The van der Waals surface area contributed by atoms with Crippen molar-refractivity contribution in [3.05, 3.63) is 59.9 Å². The highest BCUT2D eigenvalue weighted by atomic mass is 32.2. The van der Waals surface area contributed by atoms with Crippen LogP contribution in [0, 0.1) is 17.1 Å². The third kappa shape index (κ3) is 5.49. The number of halogens is 1. The maximum atomic E-state index is 13.2. The van der Waals surface area contributed by atoms with Crippen LogP contribution in [0.3, 0.4) is 0 Å². The number of nitriles is 1. The first-order chi connectivity index (χ1) is 15.3. The van der Waals surface area contributed by atoms with Crippen LogP contribution in [0.25, 0.3) is 0 Å². The summed E-state index contributed by atoms with van der Waals surface area (Å²) in [5.74, 6) is -1.83. The number of carbonyl (C=O) groups is 2. The molecule has 168 valence electrons. The number of carbonyl (C=O) groups excluding carboxylic acids is 2. The molecule has 2 aromatic carbocycles. The molecule has 3 rings (SSSR count). The lowest BCUT2D eigenvalue weighted by Gasteiger charge is -2.21. The van der Waals surface area contributed by atoms with Crippen LogP contribution in [-0.4, -0.2) is 50.8 Å². The van der Waals surface area contributed by atoms with Crippen LogP contribution in [0.2, 0.25) is 0 Å². The third-order valence-electron chi connectivity index (χ3n) is 5.01. The van der Waals surface area contributed by atoms with Crippen LogP contribution in [-0.2, 0) is 19.6 Å². The van der Waals surface area contributed by atoms with Crippen molar-refractivity contribution in [2.75, 3.05) is 31.1 Å². The topological polar surface area (TPSA) is 108 Å². The first-order valence-corrected chi connectivity index (χ1v) is 11.5. The second-order valence-electron chi connectivity index (χ2n) is 7.14. The third-order valence-corrected chi connectivity index (χ3v) is 6.92. The zero-order chi connectivity index (χ0) is 23.1. The van der Waals surface area contributed by atoms with Crippen LogP contribution in [0.1, 0.15) is 29.6 Å². The predicted molar refractivity (Wildman–Crippen MR) is 114 cm³/mol. The zero-order valence-corrected chi connectivity index (χ0v) is 18.1. The van der Waals surface area contributed by atoms with Gasteiger partial charge in [-0.3, -0.25) is 4.79 Å². The molecule has 1 aliphatic rings. The van der Waals surface area contributed by atoms with Gasteiger partial charge in [-0.1, -0.05) is 0 Å². The summed E-state index contributed by atoms with van der Waals surface area (Å²) in [6, 6.07) is 12.4. The summed E-state index contributed by atoms with van der Waals surface area (Å²) in [4.78, 5) is 26.2. The van der Waals surface area contributed by atoms with Crippen LogP contribution in [0.15, 0.2) is 53.4 Å². The lowest BCUT2D eigenvalue weighted by Crippen LogP contribution is -2.35. The molecule has 0 atom stereocenters. The average molecular weight is 459 g/mol. The van der Waals surface area contributed by atoms with E-state index in [2.05, 4.69) is 0 Å². The van der Waals surface area contributed by atoms with E-state index in [1.165, 1.54) is 57.7 Å². The fraction of sp³-hybridized carbons (Fsp3) is 0.318. The van der Waals surface area contributed by atoms with E-state index in [4.69, 9.17) is 10.00 Å². The molecule has 0 spiro atoms. The second kappa shape index (κ2) is 10.3. The van der Waals surface area contributed by atoms with E-state index in [0.29, 0.717) is 18.8 Å². The summed E-state index contributed by atoms with van der Waals surface area (Å²) in [6.45, 7) is 0.423. The molecule has 1 aliphatic heterocycles. The molecule has 0 saturated carbocycles. The largest absolute Gasteiger partial charge is 0.452 e. The SMILES string of the molecule is N#CCCN(C(=O)COC(=O)c1ccc(S(=O)(=O)N2CCCC2)cc1)c1ccc(F)cc1. The molecule has 10 heteroatoms. The quantitative estimate of drug-likeness (QED) is 0.562. The fourth-order valence-corrected chi connectivity index (χ4v) is 4.83. The second-order valence-corrected chi connectivity index (χ2v) is 9.08. The normalized spacial score (nSPS) is 14.0. The van der Waals surface area contributed by atoms with E-state index in [9.17, 15) is 22.4 Å². The number of sulfonamides is 1. The first-order valence-electron chi connectivity index (χ1n) is 10.0. The number of rotatable bonds is 8. The Bertz CT molecular complexity index is 1110. The molecule has 0 bridgehead atoms. The summed E-state index contributed by atoms with van der Waals surface area (Å²) in [6.07, 6.45) is 1.69. The number of amides is 1. The molecule has 1 heterocycles. The molecule has 0 N–H and O–H groups in total. The maximum Gasteiger partial charge on any atom is 0.338 e. The van der Waals surface area contributed by atoms with E-state index >= 15 is 0 Å². The van der Waals surface area contributed by atoms with E-state index < -0.39 is 34.3 Å². The number of esters is 1. The molecule has 0 radical (unpaired) electrons. The summed E-state index contributed by atoms with van der Waals surface area (Å²) >= 11 is 0. The van der Waals surface area contributed by atoms with E-state index in [1.54, 1.807) is 0 Å². The van der Waals surface area contributed by atoms with E-state index in [0.717, 1.165) is 12.8 Å². The van der Waals surface area contributed by atoms with Crippen LogP contribution in [0.5, 0.6) is 0 Å². The Balaban J connectivity index is 1.64. The van der Waals surface area contributed by atoms with Crippen molar-refractivity contribution in [3.8, 4) is 6.07 Å². The molecule has 1 amide bonds. The number of hydrogen-bond donors (Lipinski definition) is 0. The first kappa shape index (κ1) is 23.4. The van der Waals surface area contributed by atoms with Crippen molar-refractivity contribution >= 4 is 27.6 Å². The number of hydrogen-bond acceptors (Lipinski definition) is 6. The molecular formula is C22H22FN3O5S. The van der Waals surface area contributed by atoms with Crippen molar-refractivity contribution < 1.29 is 27.1 Å². The lowest BCUT2D eigenvalue weighted by molar-refractivity contribution is -0.121. The molecule has 8 nitrogen and oxygen atoms in total. The smallest absolute Gasteiger partial charge is 0.338 e. The molecular weight excluding hydrogens is 437 g/mol. The predicted octanol–water partition coefficient (Wildman–Crippen LogP) is 2.71. The fourth-order valence-electron chi connectivity index (χ4n) is 3.31. The van der Waals surface area contributed by atoms with Gasteiger partial charge in [0.2, 0.25) is 10.0 Å². The Hall–Kier alpha value is -3.29. The van der Waals surface area contributed by atoms with Gasteiger partial charge in [-0.15, -0.1) is 0 Å². The lowest BCUT2D eigenvalue weighted by atomic mass is 10.2. The Morgan fingerprint density at radius 2 is 1.69 bits per heavy atom. The van der Waals surface area contributed by atoms with Gasteiger partial charge in [0, 0.05) is 25.3 Å². The van der Waals surface area contributed by atoms with Gasteiger partial charge < -0.3 is 9.64 Å². The molecule has 0 aromatic heterocycles. The standard InChI is InChI=1S/C22H22FN3O5S/c23-18-6-8-19(9-7-18)26(15-3-12-24)21(27)16-31-22(28)17-4-10-20(11-5-17)32(29,30)25-13-1-2-14-25/h4-11H,1-3,13-16H2. The highest BCUT2D eigenvalue weighted by Crippen LogP contribution is 2.21. The molecule has 0 aliphatic carbocycles. The van der Waals surface area contributed by atoms with Crippen molar-refractivity contribution in [1.29, 1.82) is 5.26 Å². The van der Waals surface area contributed by atoms with Crippen LogP contribution in [0.4, 0.5) is 10.1 Å². The highest BCUT2D eigenvalue weighted by molar-refractivity contribution is 7.89. The highest BCUT2D eigenvalue weighted by Gasteiger charge is 2.27. The van der Waals surface area contributed by atoms with E-state index in [-0.39, 0.29) is 23.4 Å². The molecule has 32 heavy (non-hydrogen) atoms. The van der Waals surface area contributed by atoms with Gasteiger partial charge in [-0.25, -0.2) is 17.6 Å². The number of ether oxygens (including phenoxy) is 1. The number of anilines is 1. The van der Waals surface area contributed by atoms with Gasteiger partial charge in [0.05, 0.1) is 22.9 Å². The Morgan fingerprint density at radius 3 is 2.28 bits per heavy atom. The molecule has 1 saturated heterocycles. The van der Waals surface area contributed by atoms with Gasteiger partial charge in [0.25, 0.3) is 5.91 Å². The Morgan fingerprint density at radius 1 is 1.06 bits per heavy atom. The van der Waals surface area contributed by atoms with Crippen molar-refractivity contribution in [2.24, 2.45) is 0 Å². The van der Waals surface area contributed by atoms with Crippen LogP contribution < -0.4 is 4.90 Å². The average Bonchev–Trinajstić information content (AvgIpc) is 3.35. The van der Waals surface area contributed by atoms with Gasteiger partial charge in [0.1, 0.15) is 5.82 Å². The van der Waals surface area contributed by atoms with Gasteiger partial charge >= 0.3 is 5.97 Å². The zero-order valence-electron chi connectivity index (χ0n) is 17.2. The van der Waals surface area contributed by atoms with Crippen molar-refractivity contribution in [1.82, 2.24) is 4.31 Å². The van der Waals surface area contributed by atoms with Gasteiger partial charge in [-0.05, 0) is 61.4 Å². The summed E-state index contributed by atoms with van der Waals surface area (Å²) in [5.41, 5.74) is 0.475. The minimum absolute atomic E-state index is 0.0457. The van der Waals surface area contributed by atoms with Gasteiger partial charge in [-0.2, -0.15) is 9.57 Å². The molecule has 0 unspecified atom stereocenters. The Kier molecular flexibility index (Phi) is 7.56. The minimum atomic E-state index is -3.59. The summed E-state index contributed by atoms with van der Waals surface area (Å²) in [5, 5.41) is 8.82. The molecule has 1 fully saturated rings. The number of nitrogens with zero attached hydrogens (tertiary/aromatic N) is 3. The molecule has 2 aromatic rings. The maximum absolute atomic E-state index is 13.2. The summed E-state index contributed by atoms with van der Waals surface area (Å²) < 4.78 is 44.8. The number of benzene rings is 2. The van der Waals surface area contributed by atoms with Gasteiger partial charge in [0.15, 0.2) is 6.61 Å². The Labute approximate surface area is 185 Å². The van der Waals surface area contributed by atoms with Crippen LogP contribution >= 0.6 is 0 Å². The monoisotopic (exact) mass is 459 g/mol. The van der Waals surface area contributed by atoms with Crippen molar-refractivity contribution in [2.45, 2.75) is 24.2 Å². The van der Waals surface area contributed by atoms with Crippen molar-refractivity contribution in [3.63, 3.8) is 0 Å². The van der Waals surface area contributed by atoms with E-state index in [1.807, 2.05) is 6.07 Å².